The number of ether oxygens (including phenoxy) is 2. The van der Waals surface area contributed by atoms with Crippen LogP contribution in [0.3, 0.4) is 0 Å². The standard InChI is InChI=1S/C20H15F4N3O5S/c1-3-33(29,30)18-16(25-15-5-4-11(9-26(15)18)19(2,21)22)27-8-10-6-13-14(7-12(10)17(27)28)32-20(23,24)31-13/h4-7,9H,3,8H2,1-2H3. The molecular formula is C20H15F4N3O5S. The zero-order valence-electron chi connectivity index (χ0n) is 17.1. The molecule has 0 radical (unpaired) electrons. The molecule has 0 N–H and O–H groups in total. The molecule has 0 bridgehead atoms. The van der Waals surface area contributed by atoms with E-state index in [1.165, 1.54) is 19.1 Å². The maximum atomic E-state index is 13.9. The number of carbonyl (C=O) groups is 1. The summed E-state index contributed by atoms with van der Waals surface area (Å²) < 4.78 is 90.1. The number of carbonyl (C=O) groups excluding carboxylic acids is 1. The predicted octanol–water partition coefficient (Wildman–Crippen LogP) is 3.72. The third-order valence-corrected chi connectivity index (χ3v) is 7.15. The number of anilines is 1. The molecule has 0 fully saturated rings. The Kier molecular flexibility index (Phi) is 4.29. The van der Waals surface area contributed by atoms with Crippen LogP contribution in [0, 0.1) is 0 Å². The van der Waals surface area contributed by atoms with Gasteiger partial charge in [-0.1, -0.05) is 6.92 Å². The summed E-state index contributed by atoms with van der Waals surface area (Å²) in [5.74, 6) is -5.17. The van der Waals surface area contributed by atoms with Crippen LogP contribution in [0.1, 0.15) is 35.3 Å². The Morgan fingerprint density at radius 2 is 1.85 bits per heavy atom. The molecule has 4 heterocycles. The molecular weight excluding hydrogens is 470 g/mol. The largest absolute Gasteiger partial charge is 0.586 e. The van der Waals surface area contributed by atoms with Crippen molar-refractivity contribution in [2.45, 2.75) is 37.6 Å². The molecule has 5 rings (SSSR count). The summed E-state index contributed by atoms with van der Waals surface area (Å²) in [6, 6.07) is 4.65. The molecule has 0 saturated carbocycles. The smallest absolute Gasteiger partial charge is 0.395 e. The van der Waals surface area contributed by atoms with Gasteiger partial charge in [0, 0.05) is 24.2 Å². The number of pyridine rings is 1. The van der Waals surface area contributed by atoms with E-state index < -0.39 is 38.6 Å². The minimum atomic E-state index is -4.03. The van der Waals surface area contributed by atoms with E-state index in [1.807, 2.05) is 0 Å². The highest BCUT2D eigenvalue weighted by molar-refractivity contribution is 7.91. The van der Waals surface area contributed by atoms with Gasteiger partial charge in [-0.15, -0.1) is 8.78 Å². The molecule has 0 spiro atoms. The fraction of sp³-hybridized carbons (Fsp3) is 0.300. The van der Waals surface area contributed by atoms with Gasteiger partial charge in [-0.05, 0) is 29.8 Å². The van der Waals surface area contributed by atoms with Crippen LogP contribution in [0.25, 0.3) is 5.65 Å². The van der Waals surface area contributed by atoms with E-state index in [0.29, 0.717) is 6.92 Å². The first-order valence-electron chi connectivity index (χ1n) is 9.68. The first kappa shape index (κ1) is 21.5. The molecule has 0 unspecified atom stereocenters. The first-order valence-corrected chi connectivity index (χ1v) is 11.3. The van der Waals surface area contributed by atoms with Gasteiger partial charge in [0.2, 0.25) is 0 Å². The highest BCUT2D eigenvalue weighted by atomic mass is 32.2. The quantitative estimate of drug-likeness (QED) is 0.524. The van der Waals surface area contributed by atoms with Crippen LogP contribution in [-0.4, -0.2) is 35.8 Å². The summed E-state index contributed by atoms with van der Waals surface area (Å²) in [5, 5.41) is -0.418. The third kappa shape index (κ3) is 3.29. The Bertz CT molecular complexity index is 1450. The van der Waals surface area contributed by atoms with E-state index in [2.05, 4.69) is 14.5 Å². The van der Waals surface area contributed by atoms with Crippen molar-refractivity contribution in [1.29, 1.82) is 0 Å². The Labute approximate surface area is 184 Å². The molecule has 174 valence electrons. The summed E-state index contributed by atoms with van der Waals surface area (Å²) in [7, 11) is -4.03. The Morgan fingerprint density at radius 1 is 1.18 bits per heavy atom. The SMILES string of the molecule is CCS(=O)(=O)c1c(N2Cc3cc4c(cc3C2=O)OC(F)(F)O4)nc2ccc(C(C)(F)F)cn12. The summed E-state index contributed by atoms with van der Waals surface area (Å²) in [4.78, 5) is 18.4. The van der Waals surface area contributed by atoms with Crippen molar-refractivity contribution in [1.82, 2.24) is 9.38 Å². The molecule has 2 aliphatic heterocycles. The molecule has 1 aromatic carbocycles. The molecule has 13 heteroatoms. The monoisotopic (exact) mass is 485 g/mol. The zero-order chi connectivity index (χ0) is 23.9. The lowest BCUT2D eigenvalue weighted by Crippen LogP contribution is -2.26. The summed E-state index contributed by atoms with van der Waals surface area (Å²) in [6.07, 6.45) is -2.89. The van der Waals surface area contributed by atoms with Gasteiger partial charge in [0.1, 0.15) is 5.65 Å². The molecule has 3 aromatic rings. The second-order valence-electron chi connectivity index (χ2n) is 7.69. The van der Waals surface area contributed by atoms with Gasteiger partial charge in [-0.3, -0.25) is 14.1 Å². The summed E-state index contributed by atoms with van der Waals surface area (Å²) in [6.45, 7) is 1.85. The van der Waals surface area contributed by atoms with E-state index in [9.17, 15) is 30.8 Å². The minimum Gasteiger partial charge on any atom is -0.395 e. The van der Waals surface area contributed by atoms with Crippen LogP contribution in [-0.2, 0) is 22.3 Å². The number of hydrogen-bond donors (Lipinski definition) is 0. The van der Waals surface area contributed by atoms with Gasteiger partial charge in [-0.2, -0.15) is 0 Å². The van der Waals surface area contributed by atoms with Gasteiger partial charge in [0.25, 0.3) is 11.8 Å². The van der Waals surface area contributed by atoms with Gasteiger partial charge >= 0.3 is 6.29 Å². The van der Waals surface area contributed by atoms with E-state index in [4.69, 9.17) is 0 Å². The van der Waals surface area contributed by atoms with Crippen molar-refractivity contribution in [2.75, 3.05) is 10.7 Å². The molecule has 0 saturated heterocycles. The fourth-order valence-corrected chi connectivity index (χ4v) is 4.95. The van der Waals surface area contributed by atoms with Crippen molar-refractivity contribution in [3.63, 3.8) is 0 Å². The highest BCUT2D eigenvalue weighted by Crippen LogP contribution is 2.45. The van der Waals surface area contributed by atoms with E-state index in [1.54, 1.807) is 0 Å². The van der Waals surface area contributed by atoms with Gasteiger partial charge < -0.3 is 9.47 Å². The summed E-state index contributed by atoms with van der Waals surface area (Å²) >= 11 is 0. The number of benzene rings is 1. The molecule has 2 aromatic heterocycles. The normalized spacial score (nSPS) is 17.2. The number of imidazole rings is 1. The number of nitrogens with zero attached hydrogens (tertiary/aromatic N) is 3. The third-order valence-electron chi connectivity index (χ3n) is 5.43. The average molecular weight is 485 g/mol. The Balaban J connectivity index is 1.66. The number of halogens is 4. The van der Waals surface area contributed by atoms with Crippen molar-refractivity contribution in [3.8, 4) is 11.5 Å². The van der Waals surface area contributed by atoms with Crippen molar-refractivity contribution < 1.29 is 40.2 Å². The molecule has 33 heavy (non-hydrogen) atoms. The first-order chi connectivity index (χ1) is 15.3. The van der Waals surface area contributed by atoms with Gasteiger partial charge in [0.15, 0.2) is 32.2 Å². The lowest BCUT2D eigenvalue weighted by Gasteiger charge is -2.15. The minimum absolute atomic E-state index is 0.00716. The van der Waals surface area contributed by atoms with Crippen molar-refractivity contribution >= 4 is 27.2 Å². The number of sulfone groups is 1. The van der Waals surface area contributed by atoms with E-state index in [-0.39, 0.29) is 46.4 Å². The summed E-state index contributed by atoms with van der Waals surface area (Å²) in [5.41, 5.74) is -0.0951. The van der Waals surface area contributed by atoms with Crippen LogP contribution in [0.5, 0.6) is 11.5 Å². The lowest BCUT2D eigenvalue weighted by atomic mass is 10.1. The highest BCUT2D eigenvalue weighted by Gasteiger charge is 2.46. The van der Waals surface area contributed by atoms with Gasteiger partial charge in [-0.25, -0.2) is 22.2 Å². The Hall–Kier alpha value is -3.35. The van der Waals surface area contributed by atoms with Gasteiger partial charge in [0.05, 0.1) is 12.3 Å². The van der Waals surface area contributed by atoms with Crippen LogP contribution >= 0.6 is 0 Å². The Morgan fingerprint density at radius 3 is 2.48 bits per heavy atom. The second-order valence-corrected chi connectivity index (χ2v) is 9.89. The number of fused-ring (bicyclic) bond motifs is 3. The topological polar surface area (TPSA) is 90.2 Å². The molecule has 0 atom stereocenters. The lowest BCUT2D eigenvalue weighted by molar-refractivity contribution is -0.286. The van der Waals surface area contributed by atoms with Crippen LogP contribution in [0.2, 0.25) is 0 Å². The number of alkyl halides is 4. The zero-order valence-corrected chi connectivity index (χ0v) is 17.9. The average Bonchev–Trinajstić information content (AvgIpc) is 3.34. The van der Waals surface area contributed by atoms with E-state index in [0.717, 1.165) is 27.6 Å². The number of aromatic nitrogens is 2. The fourth-order valence-electron chi connectivity index (χ4n) is 3.80. The van der Waals surface area contributed by atoms with Crippen molar-refractivity contribution in [2.24, 2.45) is 0 Å². The van der Waals surface area contributed by atoms with Crippen LogP contribution in [0.15, 0.2) is 35.5 Å². The molecule has 0 aliphatic carbocycles. The maximum absolute atomic E-state index is 13.9. The van der Waals surface area contributed by atoms with Crippen LogP contribution in [0.4, 0.5) is 23.4 Å². The predicted molar refractivity (Wildman–Crippen MR) is 106 cm³/mol. The van der Waals surface area contributed by atoms with Crippen molar-refractivity contribution in [3.05, 3.63) is 47.2 Å². The number of rotatable bonds is 4. The second kappa shape index (κ2) is 6.59. The molecule has 8 nitrogen and oxygen atoms in total. The molecule has 2 aliphatic rings. The van der Waals surface area contributed by atoms with Crippen LogP contribution < -0.4 is 14.4 Å². The van der Waals surface area contributed by atoms with E-state index >= 15 is 0 Å². The number of amides is 1. The molecule has 1 amide bonds. The number of hydrogen-bond acceptors (Lipinski definition) is 6. The maximum Gasteiger partial charge on any atom is 0.586 e.